The molecule has 8 heteroatoms. The van der Waals surface area contributed by atoms with Crippen molar-refractivity contribution in [1.29, 1.82) is 0 Å². The van der Waals surface area contributed by atoms with Gasteiger partial charge in [-0.25, -0.2) is 9.29 Å². The number of benzene rings is 2. The fraction of sp³-hybridized carbons (Fsp3) is 0.211. The van der Waals surface area contributed by atoms with Gasteiger partial charge in [0, 0.05) is 12.1 Å². The van der Waals surface area contributed by atoms with Gasteiger partial charge in [-0.05, 0) is 42.5 Å². The number of halogens is 1. The maximum Gasteiger partial charge on any atom is 0.247 e. The molecule has 2 aromatic carbocycles. The van der Waals surface area contributed by atoms with Crippen LogP contribution in [0.25, 0.3) is 0 Å². The first-order valence-electron chi connectivity index (χ1n) is 8.16. The van der Waals surface area contributed by atoms with Crippen LogP contribution in [0.5, 0.6) is 5.75 Å². The molecule has 1 heterocycles. The summed E-state index contributed by atoms with van der Waals surface area (Å²) in [6.07, 6.45) is 0.0305. The number of hydrogen-bond acceptors (Lipinski definition) is 5. The van der Waals surface area contributed by atoms with Gasteiger partial charge in [0.25, 0.3) is 0 Å². The molecule has 1 N–H and O–H groups in total. The van der Waals surface area contributed by atoms with E-state index in [1.165, 1.54) is 25.3 Å². The molecule has 6 nitrogen and oxygen atoms in total. The second-order valence-corrected chi connectivity index (χ2v) is 7.02. The van der Waals surface area contributed by atoms with Crippen LogP contribution in [0.2, 0.25) is 0 Å². The van der Waals surface area contributed by atoms with Crippen LogP contribution in [0.3, 0.4) is 0 Å². The Bertz CT molecular complexity index is 872. The highest BCUT2D eigenvalue weighted by molar-refractivity contribution is 8.01. The molecule has 1 saturated heterocycles. The third-order valence-electron chi connectivity index (χ3n) is 3.96. The molecule has 3 rings (SSSR count). The number of methoxy groups -OCH3 is 1. The number of nitrogens with zero attached hydrogens (tertiary/aromatic N) is 1. The minimum Gasteiger partial charge on any atom is -0.497 e. The number of carbonyl (C=O) groups excluding carboxylic acids is 3. The second kappa shape index (κ2) is 8.22. The summed E-state index contributed by atoms with van der Waals surface area (Å²) in [6.45, 7) is 0. The Morgan fingerprint density at radius 1 is 1.26 bits per heavy atom. The van der Waals surface area contributed by atoms with E-state index in [2.05, 4.69) is 5.32 Å². The molecule has 2 aromatic rings. The van der Waals surface area contributed by atoms with Crippen molar-refractivity contribution < 1.29 is 23.5 Å². The van der Waals surface area contributed by atoms with Gasteiger partial charge in [-0.15, -0.1) is 11.8 Å². The fourth-order valence-corrected chi connectivity index (χ4v) is 3.61. The smallest absolute Gasteiger partial charge is 0.247 e. The van der Waals surface area contributed by atoms with Crippen molar-refractivity contribution in [1.82, 2.24) is 0 Å². The van der Waals surface area contributed by atoms with Gasteiger partial charge in [-0.1, -0.05) is 6.07 Å². The molecule has 0 aliphatic carbocycles. The Kier molecular flexibility index (Phi) is 5.75. The second-order valence-electron chi connectivity index (χ2n) is 5.83. The average Bonchev–Trinajstić information content (AvgIpc) is 2.94. The van der Waals surface area contributed by atoms with E-state index in [1.54, 1.807) is 30.3 Å². The molecule has 1 fully saturated rings. The fourth-order valence-electron chi connectivity index (χ4n) is 2.68. The lowest BCUT2D eigenvalue weighted by molar-refractivity contribution is -0.121. The minimum absolute atomic E-state index is 0.0172. The Balaban J connectivity index is 1.58. The lowest BCUT2D eigenvalue weighted by Crippen LogP contribution is -2.31. The molecular weight excluding hydrogens is 371 g/mol. The molecule has 0 radical (unpaired) electrons. The van der Waals surface area contributed by atoms with Crippen molar-refractivity contribution in [3.63, 3.8) is 0 Å². The lowest BCUT2D eigenvalue weighted by atomic mass is 10.3. The molecule has 0 bridgehead atoms. The number of hydrogen-bond donors (Lipinski definition) is 1. The highest BCUT2D eigenvalue weighted by Gasteiger charge is 2.40. The van der Waals surface area contributed by atoms with Gasteiger partial charge < -0.3 is 10.1 Å². The first-order valence-corrected chi connectivity index (χ1v) is 9.20. The highest BCUT2D eigenvalue weighted by atomic mass is 32.2. The predicted octanol–water partition coefficient (Wildman–Crippen LogP) is 2.84. The predicted molar refractivity (Wildman–Crippen MR) is 101 cm³/mol. The zero-order valence-corrected chi connectivity index (χ0v) is 15.3. The van der Waals surface area contributed by atoms with E-state index in [4.69, 9.17) is 4.74 Å². The van der Waals surface area contributed by atoms with E-state index < -0.39 is 11.1 Å². The van der Waals surface area contributed by atoms with Gasteiger partial charge in [0.2, 0.25) is 17.7 Å². The zero-order chi connectivity index (χ0) is 19.4. The van der Waals surface area contributed by atoms with Gasteiger partial charge in [-0.2, -0.15) is 0 Å². The Labute approximate surface area is 159 Å². The maximum atomic E-state index is 13.1. The van der Waals surface area contributed by atoms with Crippen LogP contribution in [-0.2, 0) is 14.4 Å². The molecule has 1 aliphatic rings. The molecule has 0 spiro atoms. The van der Waals surface area contributed by atoms with Crippen LogP contribution < -0.4 is 15.0 Å². The first-order chi connectivity index (χ1) is 13.0. The van der Waals surface area contributed by atoms with E-state index in [-0.39, 0.29) is 29.9 Å². The SMILES string of the molecule is COc1ccc(N2C(=O)C[C@@H](SCC(=O)Nc3cccc(F)c3)C2=O)cc1. The highest BCUT2D eigenvalue weighted by Crippen LogP contribution is 2.30. The van der Waals surface area contributed by atoms with Crippen LogP contribution in [0.4, 0.5) is 15.8 Å². The summed E-state index contributed by atoms with van der Waals surface area (Å²) in [5, 5.41) is 1.94. The van der Waals surface area contributed by atoms with E-state index in [0.29, 0.717) is 17.1 Å². The van der Waals surface area contributed by atoms with Crippen molar-refractivity contribution >= 4 is 40.9 Å². The van der Waals surface area contributed by atoms with Gasteiger partial charge in [0.05, 0.1) is 23.8 Å². The molecule has 0 saturated carbocycles. The number of anilines is 2. The normalized spacial score (nSPS) is 16.5. The minimum atomic E-state index is -0.627. The number of nitrogens with one attached hydrogen (secondary N) is 1. The van der Waals surface area contributed by atoms with Crippen molar-refractivity contribution in [2.75, 3.05) is 23.1 Å². The Hall–Kier alpha value is -2.87. The summed E-state index contributed by atoms with van der Waals surface area (Å²) in [5.41, 5.74) is 0.812. The Morgan fingerprint density at radius 3 is 2.67 bits per heavy atom. The monoisotopic (exact) mass is 388 g/mol. The summed E-state index contributed by atoms with van der Waals surface area (Å²) >= 11 is 1.09. The molecule has 0 unspecified atom stereocenters. The first kappa shape index (κ1) is 18.9. The Morgan fingerprint density at radius 2 is 2.00 bits per heavy atom. The van der Waals surface area contributed by atoms with E-state index in [0.717, 1.165) is 16.7 Å². The van der Waals surface area contributed by atoms with Crippen molar-refractivity contribution in [2.45, 2.75) is 11.7 Å². The number of ether oxygens (including phenoxy) is 1. The standard InChI is InChI=1S/C19H17FN2O4S/c1-26-15-7-5-14(6-8-15)22-18(24)10-16(19(22)25)27-11-17(23)21-13-4-2-3-12(20)9-13/h2-9,16H,10-11H2,1H3,(H,21,23)/t16-/m1/s1. The molecule has 3 amide bonds. The molecule has 1 aliphatic heterocycles. The molecule has 140 valence electrons. The summed E-state index contributed by atoms with van der Waals surface area (Å²) in [5.74, 6) is -0.878. The van der Waals surface area contributed by atoms with Crippen LogP contribution >= 0.6 is 11.8 Å². The quantitative estimate of drug-likeness (QED) is 0.770. The molecule has 0 aromatic heterocycles. The van der Waals surface area contributed by atoms with Crippen LogP contribution in [-0.4, -0.2) is 35.8 Å². The number of thioether (sulfide) groups is 1. The van der Waals surface area contributed by atoms with Gasteiger partial charge >= 0.3 is 0 Å². The number of rotatable bonds is 6. The van der Waals surface area contributed by atoms with Gasteiger partial charge in [0.15, 0.2) is 0 Å². The van der Waals surface area contributed by atoms with Gasteiger partial charge in [-0.3, -0.25) is 14.4 Å². The van der Waals surface area contributed by atoms with Crippen molar-refractivity contribution in [3.8, 4) is 5.75 Å². The van der Waals surface area contributed by atoms with Crippen LogP contribution in [0.1, 0.15) is 6.42 Å². The van der Waals surface area contributed by atoms with Crippen molar-refractivity contribution in [3.05, 3.63) is 54.3 Å². The van der Waals surface area contributed by atoms with Crippen LogP contribution in [0.15, 0.2) is 48.5 Å². The van der Waals surface area contributed by atoms with Gasteiger partial charge in [0.1, 0.15) is 11.6 Å². The van der Waals surface area contributed by atoms with Crippen molar-refractivity contribution in [2.24, 2.45) is 0 Å². The average molecular weight is 388 g/mol. The zero-order valence-electron chi connectivity index (χ0n) is 14.5. The third-order valence-corrected chi connectivity index (χ3v) is 5.16. The largest absolute Gasteiger partial charge is 0.497 e. The van der Waals surface area contributed by atoms with E-state index >= 15 is 0 Å². The molecular formula is C19H17FN2O4S. The lowest BCUT2D eigenvalue weighted by Gasteiger charge is -2.15. The summed E-state index contributed by atoms with van der Waals surface area (Å²) in [6, 6.07) is 12.2. The summed E-state index contributed by atoms with van der Waals surface area (Å²) in [7, 11) is 1.53. The topological polar surface area (TPSA) is 75.7 Å². The summed E-state index contributed by atoms with van der Waals surface area (Å²) < 4.78 is 18.2. The molecule has 27 heavy (non-hydrogen) atoms. The molecule has 1 atom stereocenters. The summed E-state index contributed by atoms with van der Waals surface area (Å²) in [4.78, 5) is 37.9. The van der Waals surface area contributed by atoms with E-state index in [1.807, 2.05) is 0 Å². The van der Waals surface area contributed by atoms with Crippen LogP contribution in [0, 0.1) is 5.82 Å². The third kappa shape index (κ3) is 4.46. The maximum absolute atomic E-state index is 13.1. The number of imide groups is 1. The number of carbonyl (C=O) groups is 3. The van der Waals surface area contributed by atoms with E-state index in [9.17, 15) is 18.8 Å². The number of amides is 3.